The molecule has 0 aliphatic carbocycles. The van der Waals surface area contributed by atoms with Gasteiger partial charge in [-0.2, -0.15) is 0 Å². The summed E-state index contributed by atoms with van der Waals surface area (Å²) in [5, 5.41) is 13.8. The highest BCUT2D eigenvalue weighted by atomic mass is 35.5. The number of benzene rings is 1. The van der Waals surface area contributed by atoms with Crippen molar-refractivity contribution in [3.63, 3.8) is 0 Å². The van der Waals surface area contributed by atoms with Crippen LogP contribution in [0.1, 0.15) is 30.9 Å². The lowest BCUT2D eigenvalue weighted by Gasteiger charge is -2.14. The van der Waals surface area contributed by atoms with E-state index in [4.69, 9.17) is 20.9 Å². The number of hydrogen-bond donors (Lipinski definition) is 1. The average Bonchev–Trinajstić information content (AvgIpc) is 2.83. The Balaban J connectivity index is 2.51. The average molecular weight is 360 g/mol. The molecule has 6 nitrogen and oxygen atoms in total. The van der Waals surface area contributed by atoms with Gasteiger partial charge in [0.25, 0.3) is 0 Å². The van der Waals surface area contributed by atoms with Gasteiger partial charge in [-0.25, -0.2) is 8.42 Å². The maximum Gasteiger partial charge on any atom is 0.182 e. The molecule has 1 N–H and O–H groups in total. The second-order valence-corrected chi connectivity index (χ2v) is 7.54. The molecule has 0 spiro atoms. The van der Waals surface area contributed by atoms with E-state index in [1.54, 1.807) is 26.8 Å². The van der Waals surface area contributed by atoms with Gasteiger partial charge < -0.3 is 14.4 Å². The van der Waals surface area contributed by atoms with Crippen molar-refractivity contribution in [3.8, 4) is 11.5 Å². The third kappa shape index (κ3) is 3.45. The lowest BCUT2D eigenvalue weighted by atomic mass is 10.1. The SMILES string of the molecule is CCOc1c(S(=O)(=O)CC)ccc(Cc2noc(C)c2O)c1Cl. The van der Waals surface area contributed by atoms with E-state index in [9.17, 15) is 13.5 Å². The maximum absolute atomic E-state index is 12.2. The zero-order valence-corrected chi connectivity index (χ0v) is 14.7. The summed E-state index contributed by atoms with van der Waals surface area (Å²) < 4.78 is 34.7. The first-order chi connectivity index (χ1) is 10.8. The molecule has 23 heavy (non-hydrogen) atoms. The van der Waals surface area contributed by atoms with Crippen LogP contribution < -0.4 is 4.74 Å². The summed E-state index contributed by atoms with van der Waals surface area (Å²) in [5.74, 6) is 0.357. The fraction of sp³-hybridized carbons (Fsp3) is 0.400. The molecule has 0 atom stereocenters. The van der Waals surface area contributed by atoms with Gasteiger partial charge in [0.2, 0.25) is 0 Å². The first-order valence-electron chi connectivity index (χ1n) is 7.12. The number of halogens is 1. The van der Waals surface area contributed by atoms with Crippen LogP contribution in [0, 0.1) is 6.92 Å². The molecule has 0 saturated carbocycles. The number of hydrogen-bond acceptors (Lipinski definition) is 6. The molecule has 1 heterocycles. The van der Waals surface area contributed by atoms with E-state index in [-0.39, 0.29) is 40.2 Å². The van der Waals surface area contributed by atoms with E-state index in [1.165, 1.54) is 6.07 Å². The number of aromatic hydroxyl groups is 1. The summed E-state index contributed by atoms with van der Waals surface area (Å²) in [5.41, 5.74) is 0.923. The molecule has 0 bridgehead atoms. The first kappa shape index (κ1) is 17.6. The quantitative estimate of drug-likeness (QED) is 0.852. The van der Waals surface area contributed by atoms with Gasteiger partial charge in [-0.05, 0) is 18.6 Å². The van der Waals surface area contributed by atoms with Crippen LogP contribution in [-0.4, -0.2) is 31.0 Å². The molecule has 8 heteroatoms. The van der Waals surface area contributed by atoms with Crippen LogP contribution in [0.15, 0.2) is 21.6 Å². The van der Waals surface area contributed by atoms with Gasteiger partial charge in [-0.15, -0.1) is 0 Å². The Morgan fingerprint density at radius 2 is 2.04 bits per heavy atom. The molecule has 0 unspecified atom stereocenters. The molecule has 2 aromatic rings. The second-order valence-electron chi connectivity index (χ2n) is 4.91. The fourth-order valence-corrected chi connectivity index (χ4v) is 3.48. The van der Waals surface area contributed by atoms with Gasteiger partial charge in [-0.3, -0.25) is 0 Å². The van der Waals surface area contributed by atoms with Crippen LogP contribution in [0.3, 0.4) is 0 Å². The van der Waals surface area contributed by atoms with Gasteiger partial charge in [0.15, 0.2) is 27.1 Å². The molecule has 1 aromatic carbocycles. The third-order valence-corrected chi connectivity index (χ3v) is 5.57. The Bertz CT molecular complexity index is 814. The lowest BCUT2D eigenvalue weighted by molar-refractivity contribution is 0.331. The van der Waals surface area contributed by atoms with Crippen molar-refractivity contribution in [2.45, 2.75) is 32.1 Å². The molecule has 0 fully saturated rings. The highest BCUT2D eigenvalue weighted by Crippen LogP contribution is 2.37. The van der Waals surface area contributed by atoms with E-state index in [2.05, 4.69) is 5.16 Å². The summed E-state index contributed by atoms with van der Waals surface area (Å²) in [7, 11) is -3.46. The standard InChI is InChI=1S/C15H18ClNO5S/c1-4-21-15-12(23(19,20)5-2)7-6-10(13(15)16)8-11-14(18)9(3)22-17-11/h6-7,18H,4-5,8H2,1-3H3. The molecule has 1 aromatic heterocycles. The van der Waals surface area contributed by atoms with Gasteiger partial charge in [-0.1, -0.05) is 29.7 Å². The second kappa shape index (κ2) is 6.80. The highest BCUT2D eigenvalue weighted by molar-refractivity contribution is 7.91. The number of aromatic nitrogens is 1. The highest BCUT2D eigenvalue weighted by Gasteiger charge is 2.23. The maximum atomic E-state index is 12.2. The minimum atomic E-state index is -3.46. The first-order valence-corrected chi connectivity index (χ1v) is 9.15. The van der Waals surface area contributed by atoms with Gasteiger partial charge >= 0.3 is 0 Å². The van der Waals surface area contributed by atoms with Crippen molar-refractivity contribution < 1.29 is 22.8 Å². The van der Waals surface area contributed by atoms with Gasteiger partial charge in [0, 0.05) is 13.3 Å². The summed E-state index contributed by atoms with van der Waals surface area (Å²) in [6.07, 6.45) is 0.203. The van der Waals surface area contributed by atoms with Crippen LogP contribution in [-0.2, 0) is 16.3 Å². The largest absolute Gasteiger partial charge is 0.503 e. The van der Waals surface area contributed by atoms with E-state index >= 15 is 0 Å². The predicted octanol–water partition coefficient (Wildman–Crippen LogP) is 3.13. The fourth-order valence-electron chi connectivity index (χ4n) is 2.10. The predicted molar refractivity (Wildman–Crippen MR) is 86.1 cm³/mol. The van der Waals surface area contributed by atoms with Crippen molar-refractivity contribution in [2.75, 3.05) is 12.4 Å². The topological polar surface area (TPSA) is 89.6 Å². The lowest BCUT2D eigenvalue weighted by Crippen LogP contribution is -2.08. The van der Waals surface area contributed by atoms with Crippen molar-refractivity contribution in [2.24, 2.45) is 0 Å². The molecule has 0 aliphatic heterocycles. The molecule has 0 radical (unpaired) electrons. The van der Waals surface area contributed by atoms with Crippen LogP contribution >= 0.6 is 11.6 Å². The summed E-state index contributed by atoms with van der Waals surface area (Å²) in [6, 6.07) is 3.06. The smallest absolute Gasteiger partial charge is 0.182 e. The molecular formula is C15H18ClNO5S. The number of nitrogens with zero attached hydrogens (tertiary/aromatic N) is 1. The molecular weight excluding hydrogens is 342 g/mol. The normalized spacial score (nSPS) is 11.7. The Morgan fingerprint density at radius 1 is 1.35 bits per heavy atom. The van der Waals surface area contributed by atoms with Crippen LogP contribution in [0.4, 0.5) is 0 Å². The molecule has 0 saturated heterocycles. The summed E-state index contributed by atoms with van der Waals surface area (Å²) in [4.78, 5) is 0.0659. The Kier molecular flexibility index (Phi) is 5.21. The number of rotatable bonds is 6. The zero-order chi connectivity index (χ0) is 17.2. The minimum Gasteiger partial charge on any atom is -0.503 e. The number of sulfone groups is 1. The van der Waals surface area contributed by atoms with Crippen LogP contribution in [0.5, 0.6) is 11.5 Å². The minimum absolute atomic E-state index is 0.0377. The van der Waals surface area contributed by atoms with Crippen LogP contribution in [0.2, 0.25) is 5.02 Å². The summed E-state index contributed by atoms with van der Waals surface area (Å²) in [6.45, 7) is 5.18. The van der Waals surface area contributed by atoms with E-state index in [0.717, 1.165) is 0 Å². The third-order valence-electron chi connectivity index (χ3n) is 3.40. The Hall–Kier alpha value is -1.73. The van der Waals surface area contributed by atoms with Crippen molar-refractivity contribution in [3.05, 3.63) is 34.2 Å². The molecule has 2 rings (SSSR count). The van der Waals surface area contributed by atoms with Crippen LogP contribution in [0.25, 0.3) is 0 Å². The number of ether oxygens (including phenoxy) is 1. The molecule has 126 valence electrons. The molecule has 0 amide bonds. The molecule has 0 aliphatic rings. The number of aryl methyl sites for hydroxylation is 1. The van der Waals surface area contributed by atoms with E-state index in [0.29, 0.717) is 17.0 Å². The Morgan fingerprint density at radius 3 is 2.57 bits per heavy atom. The van der Waals surface area contributed by atoms with Crippen molar-refractivity contribution >= 4 is 21.4 Å². The van der Waals surface area contributed by atoms with Gasteiger partial charge in [0.1, 0.15) is 10.6 Å². The Labute approximate surface area is 139 Å². The summed E-state index contributed by atoms with van der Waals surface area (Å²) >= 11 is 6.34. The van der Waals surface area contributed by atoms with Crippen molar-refractivity contribution in [1.29, 1.82) is 0 Å². The zero-order valence-electron chi connectivity index (χ0n) is 13.1. The van der Waals surface area contributed by atoms with E-state index in [1.807, 2.05) is 0 Å². The van der Waals surface area contributed by atoms with Crippen molar-refractivity contribution in [1.82, 2.24) is 5.16 Å². The monoisotopic (exact) mass is 359 g/mol. The van der Waals surface area contributed by atoms with Gasteiger partial charge in [0.05, 0.1) is 17.4 Å². The van der Waals surface area contributed by atoms with E-state index < -0.39 is 9.84 Å².